The SMILES string of the molecule is COc1cc(NCc2ccc(Cl)cc2F)cc(OC)c1. The lowest BCUT2D eigenvalue weighted by Gasteiger charge is -2.11. The molecule has 0 saturated heterocycles. The first-order valence-corrected chi connectivity index (χ1v) is 6.41. The Morgan fingerprint density at radius 3 is 2.25 bits per heavy atom. The minimum atomic E-state index is -0.333. The molecule has 0 bridgehead atoms. The normalized spacial score (nSPS) is 10.2. The van der Waals surface area contributed by atoms with Crippen molar-refractivity contribution < 1.29 is 13.9 Å². The van der Waals surface area contributed by atoms with Gasteiger partial charge in [-0.25, -0.2) is 4.39 Å². The number of halogens is 2. The standard InChI is InChI=1S/C15H15ClFNO2/c1-19-13-6-12(7-14(8-13)20-2)18-9-10-3-4-11(16)5-15(10)17/h3-8,18H,9H2,1-2H3. The monoisotopic (exact) mass is 295 g/mol. The Morgan fingerprint density at radius 2 is 1.70 bits per heavy atom. The van der Waals surface area contributed by atoms with Gasteiger partial charge in [-0.15, -0.1) is 0 Å². The van der Waals surface area contributed by atoms with Gasteiger partial charge in [-0.1, -0.05) is 17.7 Å². The zero-order valence-corrected chi connectivity index (χ0v) is 12.0. The molecule has 3 nitrogen and oxygen atoms in total. The van der Waals surface area contributed by atoms with Gasteiger partial charge in [0.1, 0.15) is 17.3 Å². The maximum absolute atomic E-state index is 13.7. The van der Waals surface area contributed by atoms with Crippen LogP contribution in [0.5, 0.6) is 11.5 Å². The smallest absolute Gasteiger partial charge is 0.129 e. The van der Waals surface area contributed by atoms with Crippen molar-refractivity contribution in [2.75, 3.05) is 19.5 Å². The Labute approximate surface area is 122 Å². The minimum Gasteiger partial charge on any atom is -0.497 e. The molecule has 0 aliphatic rings. The summed E-state index contributed by atoms with van der Waals surface area (Å²) in [4.78, 5) is 0. The number of ether oxygens (including phenoxy) is 2. The first-order valence-electron chi connectivity index (χ1n) is 6.03. The summed E-state index contributed by atoms with van der Waals surface area (Å²) < 4.78 is 24.0. The number of anilines is 1. The van der Waals surface area contributed by atoms with E-state index in [1.807, 2.05) is 12.1 Å². The van der Waals surface area contributed by atoms with E-state index >= 15 is 0 Å². The molecule has 0 amide bonds. The largest absolute Gasteiger partial charge is 0.497 e. The van der Waals surface area contributed by atoms with Crippen molar-refractivity contribution in [2.45, 2.75) is 6.54 Å². The number of benzene rings is 2. The quantitative estimate of drug-likeness (QED) is 0.900. The van der Waals surface area contributed by atoms with Crippen LogP contribution in [0.1, 0.15) is 5.56 Å². The second-order valence-corrected chi connectivity index (χ2v) is 4.63. The summed E-state index contributed by atoms with van der Waals surface area (Å²) >= 11 is 5.72. The molecule has 0 fully saturated rings. The number of nitrogens with one attached hydrogen (secondary N) is 1. The van der Waals surface area contributed by atoms with E-state index in [-0.39, 0.29) is 5.82 Å². The highest BCUT2D eigenvalue weighted by Gasteiger charge is 2.05. The van der Waals surface area contributed by atoms with Gasteiger partial charge in [-0.05, 0) is 12.1 Å². The number of hydrogen-bond acceptors (Lipinski definition) is 3. The predicted octanol–water partition coefficient (Wildman–Crippen LogP) is 4.11. The highest BCUT2D eigenvalue weighted by molar-refractivity contribution is 6.30. The molecule has 0 aliphatic heterocycles. The van der Waals surface area contributed by atoms with Crippen LogP contribution < -0.4 is 14.8 Å². The topological polar surface area (TPSA) is 30.5 Å². The number of rotatable bonds is 5. The molecule has 20 heavy (non-hydrogen) atoms. The first-order chi connectivity index (χ1) is 9.62. The van der Waals surface area contributed by atoms with Gasteiger partial charge in [0.15, 0.2) is 0 Å². The second-order valence-electron chi connectivity index (χ2n) is 4.19. The summed E-state index contributed by atoms with van der Waals surface area (Å²) in [5, 5.41) is 3.51. The average Bonchev–Trinajstić information content (AvgIpc) is 2.46. The molecule has 2 aromatic carbocycles. The molecule has 0 saturated carbocycles. The summed E-state index contributed by atoms with van der Waals surface area (Å²) in [5.74, 6) is 1.01. The molecule has 0 heterocycles. The van der Waals surface area contributed by atoms with Crippen LogP contribution in [0.3, 0.4) is 0 Å². The Bertz CT molecular complexity index is 582. The molecule has 1 N–H and O–H groups in total. The fraction of sp³-hybridized carbons (Fsp3) is 0.200. The highest BCUT2D eigenvalue weighted by Crippen LogP contribution is 2.26. The molecular formula is C15H15ClFNO2. The molecule has 0 unspecified atom stereocenters. The van der Waals surface area contributed by atoms with Crippen molar-refractivity contribution in [2.24, 2.45) is 0 Å². The van der Waals surface area contributed by atoms with Crippen LogP contribution in [0, 0.1) is 5.82 Å². The van der Waals surface area contributed by atoms with E-state index in [0.29, 0.717) is 28.6 Å². The van der Waals surface area contributed by atoms with Crippen molar-refractivity contribution in [3.63, 3.8) is 0 Å². The van der Waals surface area contributed by atoms with Crippen LogP contribution >= 0.6 is 11.6 Å². The molecule has 0 aliphatic carbocycles. The molecular weight excluding hydrogens is 281 g/mol. The fourth-order valence-corrected chi connectivity index (χ4v) is 1.93. The van der Waals surface area contributed by atoms with Crippen LogP contribution in [0.25, 0.3) is 0 Å². The van der Waals surface area contributed by atoms with E-state index in [4.69, 9.17) is 21.1 Å². The van der Waals surface area contributed by atoms with Crippen molar-refractivity contribution in [1.82, 2.24) is 0 Å². The van der Waals surface area contributed by atoms with Crippen LogP contribution in [0.15, 0.2) is 36.4 Å². The van der Waals surface area contributed by atoms with Crippen molar-refractivity contribution in [3.8, 4) is 11.5 Å². The highest BCUT2D eigenvalue weighted by atomic mass is 35.5. The van der Waals surface area contributed by atoms with E-state index in [0.717, 1.165) is 5.69 Å². The van der Waals surface area contributed by atoms with Gasteiger partial charge >= 0.3 is 0 Å². The maximum atomic E-state index is 13.7. The van der Waals surface area contributed by atoms with E-state index in [1.54, 1.807) is 32.4 Å². The molecule has 0 radical (unpaired) electrons. The Hall–Kier alpha value is -1.94. The lowest BCUT2D eigenvalue weighted by Crippen LogP contribution is -2.02. The third-order valence-corrected chi connectivity index (χ3v) is 3.08. The molecule has 5 heteroatoms. The summed E-state index contributed by atoms with van der Waals surface area (Å²) in [6.45, 7) is 0.347. The van der Waals surface area contributed by atoms with Gasteiger partial charge in [0.05, 0.1) is 14.2 Å². The van der Waals surface area contributed by atoms with Gasteiger partial charge in [-0.3, -0.25) is 0 Å². The summed E-state index contributed by atoms with van der Waals surface area (Å²) in [5.41, 5.74) is 1.33. The third kappa shape index (κ3) is 3.54. The molecule has 106 valence electrons. The van der Waals surface area contributed by atoms with Gasteiger partial charge in [0.2, 0.25) is 0 Å². The van der Waals surface area contributed by atoms with E-state index in [9.17, 15) is 4.39 Å². The van der Waals surface area contributed by atoms with E-state index in [2.05, 4.69) is 5.32 Å². The van der Waals surface area contributed by atoms with E-state index < -0.39 is 0 Å². The third-order valence-electron chi connectivity index (χ3n) is 2.85. The molecule has 2 rings (SSSR count). The van der Waals surface area contributed by atoms with Gasteiger partial charge in [0, 0.05) is 41.0 Å². The molecule has 0 aromatic heterocycles. The Morgan fingerprint density at radius 1 is 1.05 bits per heavy atom. The molecule has 2 aromatic rings. The van der Waals surface area contributed by atoms with Crippen LogP contribution in [-0.4, -0.2) is 14.2 Å². The minimum absolute atomic E-state index is 0.333. The fourth-order valence-electron chi connectivity index (χ4n) is 1.77. The van der Waals surface area contributed by atoms with Gasteiger partial charge in [0.25, 0.3) is 0 Å². The van der Waals surface area contributed by atoms with Crippen molar-refractivity contribution in [3.05, 3.63) is 52.8 Å². The molecule has 0 atom stereocenters. The summed E-state index contributed by atoms with van der Waals surface area (Å²) in [6, 6.07) is 10.0. The van der Waals surface area contributed by atoms with Crippen molar-refractivity contribution >= 4 is 17.3 Å². The first kappa shape index (κ1) is 14.5. The summed E-state index contributed by atoms with van der Waals surface area (Å²) in [7, 11) is 3.16. The van der Waals surface area contributed by atoms with Crippen molar-refractivity contribution in [1.29, 1.82) is 0 Å². The Balaban J connectivity index is 2.13. The Kier molecular flexibility index (Phi) is 4.69. The lowest BCUT2D eigenvalue weighted by molar-refractivity contribution is 0.394. The molecule has 0 spiro atoms. The van der Waals surface area contributed by atoms with Gasteiger partial charge < -0.3 is 14.8 Å². The average molecular weight is 296 g/mol. The zero-order valence-electron chi connectivity index (χ0n) is 11.2. The second kappa shape index (κ2) is 6.48. The lowest BCUT2D eigenvalue weighted by atomic mass is 10.2. The summed E-state index contributed by atoms with van der Waals surface area (Å²) in [6.07, 6.45) is 0. The van der Waals surface area contributed by atoms with Gasteiger partial charge in [-0.2, -0.15) is 0 Å². The number of hydrogen-bond donors (Lipinski definition) is 1. The number of methoxy groups -OCH3 is 2. The zero-order chi connectivity index (χ0) is 14.5. The van der Waals surface area contributed by atoms with Crippen LogP contribution in [-0.2, 0) is 6.54 Å². The van der Waals surface area contributed by atoms with E-state index in [1.165, 1.54) is 6.07 Å². The van der Waals surface area contributed by atoms with Crippen LogP contribution in [0.4, 0.5) is 10.1 Å². The maximum Gasteiger partial charge on any atom is 0.129 e. The van der Waals surface area contributed by atoms with Crippen LogP contribution in [0.2, 0.25) is 5.02 Å². The predicted molar refractivity (Wildman–Crippen MR) is 78.3 cm³/mol.